The first kappa shape index (κ1) is 27.7. The summed E-state index contributed by atoms with van der Waals surface area (Å²) < 4.78 is 13.3. The Morgan fingerprint density at radius 3 is 2.64 bits per heavy atom. The van der Waals surface area contributed by atoms with Gasteiger partial charge >= 0.3 is 6.09 Å². The standard InChI is InChI=1S/C27H35ClN6O4S/c1-17(2)32-12-8-18(9-13-32)29-26(36)37-24-15-20(25(35)33-11-5-10-27(33,3)4)34(30-24)16-19-14-21(38-31-19)22-6-7-23(28)39-22/h6-7,14-15,17-18H,5,8-13,16H2,1-4H3,(H,29,36). The van der Waals surface area contributed by atoms with Gasteiger partial charge in [-0.05, 0) is 65.5 Å². The van der Waals surface area contributed by atoms with Gasteiger partial charge in [0.15, 0.2) is 5.76 Å². The van der Waals surface area contributed by atoms with E-state index >= 15 is 0 Å². The number of hydrogen-bond acceptors (Lipinski definition) is 8. The monoisotopic (exact) mass is 574 g/mol. The number of piperidine rings is 1. The van der Waals surface area contributed by atoms with Gasteiger partial charge in [0.05, 0.1) is 15.8 Å². The Hall–Kier alpha value is -2.89. The van der Waals surface area contributed by atoms with Crippen molar-refractivity contribution >= 4 is 34.9 Å². The van der Waals surface area contributed by atoms with Crippen molar-refractivity contribution in [3.63, 3.8) is 0 Å². The highest BCUT2D eigenvalue weighted by atomic mass is 35.5. The molecule has 0 bridgehead atoms. The van der Waals surface area contributed by atoms with Crippen molar-refractivity contribution in [1.29, 1.82) is 0 Å². The highest BCUT2D eigenvalue weighted by Gasteiger charge is 2.37. The van der Waals surface area contributed by atoms with Gasteiger partial charge in [0.2, 0.25) is 5.88 Å². The van der Waals surface area contributed by atoms with Crippen molar-refractivity contribution in [1.82, 2.24) is 30.1 Å². The smallest absolute Gasteiger partial charge is 0.390 e. The molecule has 5 rings (SSSR count). The highest BCUT2D eigenvalue weighted by molar-refractivity contribution is 7.19. The molecule has 10 nitrogen and oxygen atoms in total. The maximum Gasteiger partial charge on any atom is 0.414 e. The van der Waals surface area contributed by atoms with Gasteiger partial charge in [-0.3, -0.25) is 4.79 Å². The fraction of sp³-hybridized carbons (Fsp3) is 0.556. The second-order valence-corrected chi connectivity index (χ2v) is 12.8. The van der Waals surface area contributed by atoms with Gasteiger partial charge in [0.25, 0.3) is 5.91 Å². The minimum absolute atomic E-state index is 0.0420. The van der Waals surface area contributed by atoms with Crippen LogP contribution >= 0.6 is 22.9 Å². The molecule has 0 aliphatic carbocycles. The average molecular weight is 575 g/mol. The normalized spacial score (nSPS) is 18.2. The van der Waals surface area contributed by atoms with Gasteiger partial charge in [-0.1, -0.05) is 16.8 Å². The Kier molecular flexibility index (Phi) is 8.02. The number of thiophene rings is 1. The first-order chi connectivity index (χ1) is 18.6. The minimum Gasteiger partial charge on any atom is -0.390 e. The second-order valence-electron chi connectivity index (χ2n) is 11.1. The maximum absolute atomic E-state index is 13.7. The first-order valence-electron chi connectivity index (χ1n) is 13.4. The number of aromatic nitrogens is 3. The molecule has 2 saturated heterocycles. The van der Waals surface area contributed by atoms with Crippen LogP contribution in [0.4, 0.5) is 4.79 Å². The largest absolute Gasteiger partial charge is 0.414 e. The summed E-state index contributed by atoms with van der Waals surface area (Å²) in [6.45, 7) is 11.2. The zero-order chi connectivity index (χ0) is 27.7. The van der Waals surface area contributed by atoms with E-state index in [0.717, 1.165) is 43.6 Å². The van der Waals surface area contributed by atoms with Gasteiger partial charge in [-0.15, -0.1) is 16.4 Å². The second kappa shape index (κ2) is 11.3. The summed E-state index contributed by atoms with van der Waals surface area (Å²) in [6, 6.07) is 7.54. The molecule has 1 N–H and O–H groups in total. The van der Waals surface area contributed by atoms with Crippen LogP contribution in [0.15, 0.2) is 28.8 Å². The Bertz CT molecular complexity index is 1320. The molecule has 39 heavy (non-hydrogen) atoms. The quantitative estimate of drug-likeness (QED) is 0.409. The number of nitrogens with one attached hydrogen (secondary N) is 1. The fourth-order valence-corrected chi connectivity index (χ4v) is 6.30. The maximum atomic E-state index is 13.7. The molecule has 2 fully saturated rings. The summed E-state index contributed by atoms with van der Waals surface area (Å²) in [6.07, 6.45) is 3.01. The van der Waals surface area contributed by atoms with E-state index in [0.29, 0.717) is 34.1 Å². The molecule has 0 atom stereocenters. The van der Waals surface area contributed by atoms with E-state index in [1.54, 1.807) is 12.1 Å². The predicted octanol–water partition coefficient (Wildman–Crippen LogP) is 5.28. The van der Waals surface area contributed by atoms with Crippen molar-refractivity contribution in [3.8, 4) is 16.5 Å². The van der Waals surface area contributed by atoms with Crippen LogP contribution < -0.4 is 10.1 Å². The van der Waals surface area contributed by atoms with Crippen LogP contribution in [-0.2, 0) is 6.54 Å². The lowest BCUT2D eigenvalue weighted by atomic mass is 10.0. The van der Waals surface area contributed by atoms with E-state index in [9.17, 15) is 9.59 Å². The lowest BCUT2D eigenvalue weighted by molar-refractivity contribution is 0.0639. The number of hydrogen-bond donors (Lipinski definition) is 1. The van der Waals surface area contributed by atoms with Crippen molar-refractivity contribution < 1.29 is 18.8 Å². The van der Waals surface area contributed by atoms with Crippen molar-refractivity contribution in [2.24, 2.45) is 0 Å². The first-order valence-corrected chi connectivity index (χ1v) is 14.6. The lowest BCUT2D eigenvalue weighted by Crippen LogP contribution is -2.47. The third-order valence-corrected chi connectivity index (χ3v) is 8.83. The zero-order valence-electron chi connectivity index (χ0n) is 22.8. The van der Waals surface area contributed by atoms with E-state index in [1.165, 1.54) is 22.1 Å². The van der Waals surface area contributed by atoms with Crippen molar-refractivity contribution in [2.45, 2.75) is 77.5 Å². The van der Waals surface area contributed by atoms with E-state index in [4.69, 9.17) is 20.9 Å². The molecule has 0 radical (unpaired) electrons. The number of carbonyl (C=O) groups is 2. The average Bonchev–Trinajstić information content (AvgIpc) is 3.67. The molecule has 210 valence electrons. The minimum atomic E-state index is -0.568. The number of halogens is 1. The number of amides is 2. The van der Waals surface area contributed by atoms with Gasteiger partial charge in [0, 0.05) is 49.4 Å². The summed E-state index contributed by atoms with van der Waals surface area (Å²) in [4.78, 5) is 31.5. The van der Waals surface area contributed by atoms with Crippen LogP contribution in [-0.4, -0.2) is 74.0 Å². The number of carbonyl (C=O) groups excluding carboxylic acids is 2. The topological polar surface area (TPSA) is 106 Å². The van der Waals surface area contributed by atoms with Gasteiger partial charge in [-0.25, -0.2) is 9.48 Å². The van der Waals surface area contributed by atoms with Crippen LogP contribution in [0.3, 0.4) is 0 Å². The highest BCUT2D eigenvalue weighted by Crippen LogP contribution is 2.33. The lowest BCUT2D eigenvalue weighted by Gasteiger charge is -2.34. The molecule has 12 heteroatoms. The number of ether oxygens (including phenoxy) is 1. The van der Waals surface area contributed by atoms with E-state index in [-0.39, 0.29) is 29.9 Å². The van der Waals surface area contributed by atoms with Crippen molar-refractivity contribution in [3.05, 3.63) is 40.0 Å². The van der Waals surface area contributed by atoms with Crippen LogP contribution in [0, 0.1) is 0 Å². The summed E-state index contributed by atoms with van der Waals surface area (Å²) in [7, 11) is 0. The molecule has 5 heterocycles. The predicted molar refractivity (Wildman–Crippen MR) is 149 cm³/mol. The van der Waals surface area contributed by atoms with E-state index < -0.39 is 6.09 Å². The molecule has 2 aliphatic rings. The van der Waals surface area contributed by atoms with Crippen LogP contribution in [0.25, 0.3) is 10.6 Å². The summed E-state index contributed by atoms with van der Waals surface area (Å²) in [5.74, 6) is 0.498. The molecule has 0 saturated carbocycles. The molecule has 3 aromatic rings. The Morgan fingerprint density at radius 1 is 1.23 bits per heavy atom. The van der Waals surface area contributed by atoms with Crippen molar-refractivity contribution in [2.75, 3.05) is 19.6 Å². The summed E-state index contributed by atoms with van der Waals surface area (Å²) in [5.41, 5.74) is 0.650. The number of nitrogens with zero attached hydrogens (tertiary/aromatic N) is 5. The molecule has 0 unspecified atom stereocenters. The summed E-state index contributed by atoms with van der Waals surface area (Å²) in [5, 5.41) is 11.6. The van der Waals surface area contributed by atoms with Crippen LogP contribution in [0.1, 0.15) is 69.6 Å². The Morgan fingerprint density at radius 2 is 2.00 bits per heavy atom. The Balaban J connectivity index is 1.32. The van der Waals surface area contributed by atoms with Gasteiger partial charge in [-0.2, -0.15) is 0 Å². The molecule has 2 amide bonds. The third-order valence-electron chi connectivity index (χ3n) is 7.59. The molecular weight excluding hydrogens is 540 g/mol. The molecule has 2 aliphatic heterocycles. The number of likely N-dealkylation sites (tertiary alicyclic amines) is 2. The fourth-order valence-electron chi connectivity index (χ4n) is 5.31. The zero-order valence-corrected chi connectivity index (χ0v) is 24.3. The van der Waals surface area contributed by atoms with E-state index in [2.05, 4.69) is 48.2 Å². The summed E-state index contributed by atoms with van der Waals surface area (Å²) >= 11 is 7.46. The SMILES string of the molecule is CC(C)N1CCC(NC(=O)Oc2cc(C(=O)N3CCCC3(C)C)n(Cc3cc(-c4ccc(Cl)s4)on3)n2)CC1. The Labute approximate surface area is 237 Å². The molecule has 3 aromatic heterocycles. The molecular formula is C27H35ClN6O4S. The third kappa shape index (κ3) is 6.31. The van der Waals surface area contributed by atoms with Gasteiger partial charge in [0.1, 0.15) is 11.4 Å². The van der Waals surface area contributed by atoms with Gasteiger partial charge < -0.3 is 24.4 Å². The van der Waals surface area contributed by atoms with E-state index in [1.807, 2.05) is 11.0 Å². The number of rotatable bonds is 7. The molecule has 0 aromatic carbocycles. The molecule has 0 spiro atoms. The van der Waals surface area contributed by atoms with Crippen LogP contribution in [0.2, 0.25) is 4.34 Å². The van der Waals surface area contributed by atoms with Crippen LogP contribution in [0.5, 0.6) is 5.88 Å².